The summed E-state index contributed by atoms with van der Waals surface area (Å²) in [6.07, 6.45) is 4.10. The molecule has 0 aromatic carbocycles. The van der Waals surface area contributed by atoms with E-state index in [0.717, 1.165) is 30.8 Å². The largest absolute Gasteiger partial charge is 0.356 e. The molecule has 3 rings (SSSR count). The molecule has 2 aromatic rings. The fourth-order valence-electron chi connectivity index (χ4n) is 2.60. The number of anilines is 1. The summed E-state index contributed by atoms with van der Waals surface area (Å²) in [7, 11) is 0. The van der Waals surface area contributed by atoms with Crippen molar-refractivity contribution >= 4 is 16.7 Å². The molecular weight excluding hydrogens is 212 g/mol. The summed E-state index contributed by atoms with van der Waals surface area (Å²) < 4.78 is 0. The first-order chi connectivity index (χ1) is 8.25. The third-order valence-electron chi connectivity index (χ3n) is 3.26. The highest BCUT2D eigenvalue weighted by molar-refractivity contribution is 5.92. The molecule has 4 heteroatoms. The van der Waals surface area contributed by atoms with Gasteiger partial charge in [-0.3, -0.25) is 5.10 Å². The van der Waals surface area contributed by atoms with Crippen LogP contribution in [-0.4, -0.2) is 28.3 Å². The zero-order valence-electron chi connectivity index (χ0n) is 10.4. The van der Waals surface area contributed by atoms with Gasteiger partial charge in [0, 0.05) is 25.0 Å². The molecule has 0 unspecified atom stereocenters. The van der Waals surface area contributed by atoms with Gasteiger partial charge in [-0.25, -0.2) is 4.98 Å². The predicted octanol–water partition coefficient (Wildman–Crippen LogP) is 2.37. The number of nitrogens with one attached hydrogen (secondary N) is 1. The molecule has 90 valence electrons. The van der Waals surface area contributed by atoms with Crippen molar-refractivity contribution in [1.29, 1.82) is 0 Å². The van der Waals surface area contributed by atoms with Crippen LogP contribution in [0.5, 0.6) is 0 Å². The van der Waals surface area contributed by atoms with Crippen molar-refractivity contribution in [2.75, 3.05) is 18.0 Å². The normalized spacial score (nSPS) is 15.6. The van der Waals surface area contributed by atoms with Gasteiger partial charge in [0.1, 0.15) is 5.82 Å². The Morgan fingerprint density at radius 2 is 2.35 bits per heavy atom. The van der Waals surface area contributed by atoms with Gasteiger partial charge in [0.2, 0.25) is 0 Å². The fourth-order valence-corrected chi connectivity index (χ4v) is 2.60. The van der Waals surface area contributed by atoms with E-state index in [4.69, 9.17) is 0 Å². The van der Waals surface area contributed by atoms with Crippen molar-refractivity contribution < 1.29 is 0 Å². The summed E-state index contributed by atoms with van der Waals surface area (Å²) in [6.45, 7) is 6.66. The summed E-state index contributed by atoms with van der Waals surface area (Å²) >= 11 is 0. The molecule has 0 amide bonds. The number of hydrogen-bond donors (Lipinski definition) is 1. The van der Waals surface area contributed by atoms with Gasteiger partial charge in [0.05, 0.1) is 10.9 Å². The Morgan fingerprint density at radius 3 is 3.18 bits per heavy atom. The second kappa shape index (κ2) is 4.02. The molecule has 0 saturated heterocycles. The second-order valence-electron chi connectivity index (χ2n) is 5.17. The molecule has 0 bridgehead atoms. The molecule has 4 nitrogen and oxygen atoms in total. The van der Waals surface area contributed by atoms with E-state index in [1.807, 2.05) is 12.3 Å². The highest BCUT2D eigenvalue weighted by Crippen LogP contribution is 2.30. The maximum atomic E-state index is 4.57. The van der Waals surface area contributed by atoms with Gasteiger partial charge in [-0.1, -0.05) is 13.8 Å². The molecule has 3 heterocycles. The van der Waals surface area contributed by atoms with Crippen molar-refractivity contribution in [2.24, 2.45) is 5.92 Å². The second-order valence-corrected chi connectivity index (χ2v) is 5.17. The van der Waals surface area contributed by atoms with E-state index in [0.29, 0.717) is 5.92 Å². The van der Waals surface area contributed by atoms with Crippen LogP contribution in [0.25, 0.3) is 10.9 Å². The van der Waals surface area contributed by atoms with Crippen LogP contribution in [0.1, 0.15) is 26.0 Å². The smallest absolute Gasteiger partial charge is 0.139 e. The first-order valence-electron chi connectivity index (χ1n) is 6.32. The van der Waals surface area contributed by atoms with E-state index in [9.17, 15) is 0 Å². The van der Waals surface area contributed by atoms with E-state index in [1.165, 1.54) is 17.5 Å². The summed E-state index contributed by atoms with van der Waals surface area (Å²) in [4.78, 5) is 6.97. The Labute approximate surface area is 101 Å². The summed E-state index contributed by atoms with van der Waals surface area (Å²) in [5, 5.41) is 8.73. The quantitative estimate of drug-likeness (QED) is 0.861. The summed E-state index contributed by atoms with van der Waals surface area (Å²) in [6, 6.07) is 1.98. The standard InChI is InChI=1S/C13H18N4/c1-9(2)8-17-7-3-4-10-12-11(16-15-10)5-6-14-13(12)17/h5-6,9H,3-4,7-8H2,1-2H3,(H,15,16). The van der Waals surface area contributed by atoms with E-state index in [1.54, 1.807) is 0 Å². The van der Waals surface area contributed by atoms with Gasteiger partial charge >= 0.3 is 0 Å². The highest BCUT2D eigenvalue weighted by Gasteiger charge is 2.20. The lowest BCUT2D eigenvalue weighted by Crippen LogP contribution is -2.29. The minimum atomic E-state index is 0.653. The number of rotatable bonds is 2. The molecule has 0 aliphatic carbocycles. The van der Waals surface area contributed by atoms with Crippen LogP contribution < -0.4 is 4.90 Å². The molecule has 0 spiro atoms. The molecule has 1 aliphatic heterocycles. The summed E-state index contributed by atoms with van der Waals surface area (Å²) in [5.74, 6) is 1.76. The fraction of sp³-hybridized carbons (Fsp3) is 0.538. The van der Waals surface area contributed by atoms with E-state index < -0.39 is 0 Å². The van der Waals surface area contributed by atoms with Crippen molar-refractivity contribution in [1.82, 2.24) is 15.2 Å². The molecule has 0 atom stereocenters. The number of nitrogens with zero attached hydrogens (tertiary/aromatic N) is 3. The first-order valence-corrected chi connectivity index (χ1v) is 6.32. The number of aromatic nitrogens is 3. The van der Waals surface area contributed by atoms with Gasteiger partial charge in [0.15, 0.2) is 0 Å². The average molecular weight is 230 g/mol. The Kier molecular flexibility index (Phi) is 2.50. The van der Waals surface area contributed by atoms with Crippen molar-refractivity contribution in [3.05, 3.63) is 18.0 Å². The van der Waals surface area contributed by atoms with Crippen LogP contribution in [0.15, 0.2) is 12.3 Å². The zero-order valence-corrected chi connectivity index (χ0v) is 10.4. The van der Waals surface area contributed by atoms with Crippen molar-refractivity contribution in [2.45, 2.75) is 26.7 Å². The minimum absolute atomic E-state index is 0.653. The minimum Gasteiger partial charge on any atom is -0.356 e. The van der Waals surface area contributed by atoms with Crippen molar-refractivity contribution in [3.8, 4) is 0 Å². The molecule has 1 aliphatic rings. The number of aromatic amines is 1. The lowest BCUT2D eigenvalue weighted by molar-refractivity contribution is 0.598. The third-order valence-corrected chi connectivity index (χ3v) is 3.26. The van der Waals surface area contributed by atoms with Crippen LogP contribution in [0, 0.1) is 5.92 Å². The lowest BCUT2D eigenvalue weighted by Gasteiger charge is -2.24. The average Bonchev–Trinajstić information content (AvgIpc) is 2.62. The third kappa shape index (κ3) is 1.77. The number of aryl methyl sites for hydroxylation is 1. The number of hydrogen-bond acceptors (Lipinski definition) is 3. The zero-order chi connectivity index (χ0) is 11.8. The van der Waals surface area contributed by atoms with Crippen LogP contribution in [0.4, 0.5) is 5.82 Å². The van der Waals surface area contributed by atoms with Crippen LogP contribution in [0.3, 0.4) is 0 Å². The van der Waals surface area contributed by atoms with Crippen LogP contribution >= 0.6 is 0 Å². The molecule has 1 N–H and O–H groups in total. The molecule has 2 aromatic heterocycles. The Morgan fingerprint density at radius 1 is 1.47 bits per heavy atom. The maximum absolute atomic E-state index is 4.57. The van der Waals surface area contributed by atoms with Gasteiger partial charge in [-0.2, -0.15) is 5.10 Å². The topological polar surface area (TPSA) is 44.8 Å². The first kappa shape index (κ1) is 10.6. The molecule has 17 heavy (non-hydrogen) atoms. The van der Waals surface area contributed by atoms with Gasteiger partial charge in [-0.15, -0.1) is 0 Å². The predicted molar refractivity (Wildman–Crippen MR) is 69.3 cm³/mol. The Balaban J connectivity index is 2.13. The van der Waals surface area contributed by atoms with Crippen LogP contribution in [0.2, 0.25) is 0 Å². The Hall–Kier alpha value is -1.58. The number of H-pyrrole nitrogens is 1. The molecule has 0 radical (unpaired) electrons. The van der Waals surface area contributed by atoms with Gasteiger partial charge in [0.25, 0.3) is 0 Å². The highest BCUT2D eigenvalue weighted by atomic mass is 15.2. The lowest BCUT2D eigenvalue weighted by atomic mass is 10.2. The van der Waals surface area contributed by atoms with Crippen LogP contribution in [-0.2, 0) is 6.42 Å². The Bertz CT molecular complexity index is 529. The SMILES string of the molecule is CC(C)CN1CCCc2[nH]nc3ccnc1c23. The van der Waals surface area contributed by atoms with Crippen molar-refractivity contribution in [3.63, 3.8) is 0 Å². The van der Waals surface area contributed by atoms with E-state index >= 15 is 0 Å². The number of pyridine rings is 1. The van der Waals surface area contributed by atoms with Gasteiger partial charge in [-0.05, 0) is 24.8 Å². The monoisotopic (exact) mass is 230 g/mol. The molecular formula is C13H18N4. The molecule has 0 saturated carbocycles. The summed E-state index contributed by atoms with van der Waals surface area (Å²) in [5.41, 5.74) is 2.29. The van der Waals surface area contributed by atoms with E-state index in [2.05, 4.69) is 33.9 Å². The molecule has 0 fully saturated rings. The maximum Gasteiger partial charge on any atom is 0.139 e. The van der Waals surface area contributed by atoms with E-state index in [-0.39, 0.29) is 0 Å². The van der Waals surface area contributed by atoms with Gasteiger partial charge < -0.3 is 4.90 Å².